The van der Waals surface area contributed by atoms with Gasteiger partial charge in [0.25, 0.3) is 5.91 Å². The third-order valence-electron chi connectivity index (χ3n) is 9.28. The lowest BCUT2D eigenvalue weighted by Gasteiger charge is -2.43. The van der Waals surface area contributed by atoms with Gasteiger partial charge in [-0.05, 0) is 71.6 Å². The Morgan fingerprint density at radius 2 is 1.66 bits per heavy atom. The largest absolute Gasteiger partial charge is 0.508 e. The molecule has 9 nitrogen and oxygen atoms in total. The molecular formula is C35H34N2O7. The molecule has 2 unspecified atom stereocenters. The first-order chi connectivity index (χ1) is 21.0. The van der Waals surface area contributed by atoms with Crippen molar-refractivity contribution < 1.29 is 34.8 Å². The number of nitrogens with two attached hydrogens (primary N) is 1. The number of fused-ring (bicyclic) bond motifs is 3. The van der Waals surface area contributed by atoms with Crippen molar-refractivity contribution in [2.24, 2.45) is 23.5 Å². The second-order valence-corrected chi connectivity index (χ2v) is 12.1. The maximum absolute atomic E-state index is 14.0. The molecule has 3 aromatic rings. The summed E-state index contributed by atoms with van der Waals surface area (Å²) >= 11 is 0. The number of aliphatic hydroxyl groups excluding tert-OH is 2. The molecule has 1 saturated carbocycles. The summed E-state index contributed by atoms with van der Waals surface area (Å²) < 4.78 is 0. The fraction of sp³-hybridized carbons (Fsp3) is 0.286. The Morgan fingerprint density at radius 1 is 0.955 bits per heavy atom. The molecule has 44 heavy (non-hydrogen) atoms. The maximum Gasteiger partial charge on any atom is 0.255 e. The third kappa shape index (κ3) is 4.88. The Bertz CT molecular complexity index is 1760. The van der Waals surface area contributed by atoms with Gasteiger partial charge in [-0.2, -0.15) is 0 Å². The number of phenolic OH excluding ortho intramolecular Hbond substituents is 1. The molecule has 0 spiro atoms. The van der Waals surface area contributed by atoms with Gasteiger partial charge in [0.1, 0.15) is 28.4 Å². The Kier molecular flexibility index (Phi) is 7.39. The summed E-state index contributed by atoms with van der Waals surface area (Å²) in [6.07, 6.45) is 0.258. The highest BCUT2D eigenvalue weighted by atomic mass is 16.3. The van der Waals surface area contributed by atoms with E-state index in [1.54, 1.807) is 6.07 Å². The minimum Gasteiger partial charge on any atom is -0.508 e. The van der Waals surface area contributed by atoms with Crippen LogP contribution in [0.4, 0.5) is 0 Å². The van der Waals surface area contributed by atoms with Crippen LogP contribution in [0.25, 0.3) is 16.9 Å². The van der Waals surface area contributed by atoms with Crippen LogP contribution in [0, 0.1) is 17.8 Å². The number of hydrogen-bond acceptors (Lipinski definition) is 8. The first kappa shape index (κ1) is 29.3. The van der Waals surface area contributed by atoms with Gasteiger partial charge < -0.3 is 31.5 Å². The summed E-state index contributed by atoms with van der Waals surface area (Å²) in [5.41, 5.74) is 7.12. The van der Waals surface area contributed by atoms with Gasteiger partial charge in [-0.3, -0.25) is 14.4 Å². The maximum atomic E-state index is 14.0. The molecule has 1 amide bonds. The number of rotatable bonds is 6. The Morgan fingerprint density at radius 3 is 2.39 bits per heavy atom. The van der Waals surface area contributed by atoms with Gasteiger partial charge in [0, 0.05) is 25.1 Å². The van der Waals surface area contributed by atoms with Crippen LogP contribution in [0.5, 0.6) is 5.75 Å². The molecule has 3 aromatic carbocycles. The fourth-order valence-corrected chi connectivity index (χ4v) is 7.30. The quantitative estimate of drug-likeness (QED) is 0.233. The van der Waals surface area contributed by atoms with Gasteiger partial charge in [-0.15, -0.1) is 0 Å². The predicted molar refractivity (Wildman–Crippen MR) is 163 cm³/mol. The topological polar surface area (TPSA) is 170 Å². The normalized spacial score (nSPS) is 24.8. The number of primary amides is 1. The highest BCUT2D eigenvalue weighted by molar-refractivity contribution is 6.20. The second kappa shape index (κ2) is 11.1. The summed E-state index contributed by atoms with van der Waals surface area (Å²) in [5, 5.41) is 48.0. The average molecular weight is 595 g/mol. The van der Waals surface area contributed by atoms with Crippen LogP contribution in [0.15, 0.2) is 83.6 Å². The van der Waals surface area contributed by atoms with Crippen molar-refractivity contribution in [1.82, 2.24) is 5.32 Å². The summed E-state index contributed by atoms with van der Waals surface area (Å²) in [5.74, 6) is -6.61. The number of hydrogen-bond donors (Lipinski definition) is 6. The molecule has 0 bridgehead atoms. The minimum absolute atomic E-state index is 0.0353. The lowest BCUT2D eigenvalue weighted by molar-refractivity contribution is -0.135. The van der Waals surface area contributed by atoms with Crippen molar-refractivity contribution in [3.05, 3.63) is 106 Å². The van der Waals surface area contributed by atoms with Gasteiger partial charge in [0.15, 0.2) is 11.6 Å². The van der Waals surface area contributed by atoms with Crippen LogP contribution in [0.1, 0.15) is 42.0 Å². The lowest BCUT2D eigenvalue weighted by Crippen LogP contribution is -2.50. The third-order valence-corrected chi connectivity index (χ3v) is 9.28. The number of ketones is 2. The smallest absolute Gasteiger partial charge is 0.255 e. The van der Waals surface area contributed by atoms with E-state index in [2.05, 4.69) is 17.4 Å². The first-order valence-electron chi connectivity index (χ1n) is 14.6. The molecule has 6 rings (SSSR count). The van der Waals surface area contributed by atoms with Crippen LogP contribution >= 0.6 is 0 Å². The van der Waals surface area contributed by atoms with E-state index in [1.165, 1.54) is 18.6 Å². The molecule has 0 saturated heterocycles. The van der Waals surface area contributed by atoms with Gasteiger partial charge in [0.05, 0.1) is 11.5 Å². The van der Waals surface area contributed by atoms with E-state index in [-0.39, 0.29) is 35.5 Å². The van der Waals surface area contributed by atoms with Crippen LogP contribution in [0.3, 0.4) is 0 Å². The van der Waals surface area contributed by atoms with Crippen LogP contribution in [0.2, 0.25) is 0 Å². The summed E-state index contributed by atoms with van der Waals surface area (Å²) in [6, 6.07) is 21.3. The van der Waals surface area contributed by atoms with Gasteiger partial charge in [-0.25, -0.2) is 0 Å². The zero-order chi connectivity index (χ0) is 31.3. The SMILES string of the molecule is CC1(O)C(O)=C(C(N)=O)C(=O)C[C@@H]2C[C@@H]3Cc4c(-c5cccc(CNCc6ccccc6)c5)ccc(O)c4C(O)=C3C(=O)C21. The van der Waals surface area contributed by atoms with E-state index in [0.717, 1.165) is 16.7 Å². The molecule has 4 atom stereocenters. The zero-order valence-electron chi connectivity index (χ0n) is 24.2. The fourth-order valence-electron chi connectivity index (χ4n) is 7.30. The van der Waals surface area contributed by atoms with Crippen LogP contribution < -0.4 is 11.1 Å². The van der Waals surface area contributed by atoms with E-state index in [0.29, 0.717) is 25.1 Å². The monoisotopic (exact) mass is 594 g/mol. The summed E-state index contributed by atoms with van der Waals surface area (Å²) in [6.45, 7) is 2.51. The molecule has 0 heterocycles. The number of Topliss-reactive ketones (excluding diaryl/α,β-unsaturated/α-hetero) is 2. The Hall–Kier alpha value is -4.73. The van der Waals surface area contributed by atoms with E-state index < -0.39 is 52.2 Å². The highest BCUT2D eigenvalue weighted by Gasteiger charge is 2.56. The zero-order valence-corrected chi connectivity index (χ0v) is 24.2. The van der Waals surface area contributed by atoms with Crippen LogP contribution in [-0.4, -0.2) is 43.5 Å². The average Bonchev–Trinajstić information content (AvgIpc) is 3.04. The lowest BCUT2D eigenvalue weighted by atomic mass is 9.60. The summed E-state index contributed by atoms with van der Waals surface area (Å²) in [4.78, 5) is 39.0. The minimum atomic E-state index is -2.27. The number of aliphatic hydroxyl groups is 3. The van der Waals surface area contributed by atoms with Gasteiger partial charge in [-0.1, -0.05) is 54.6 Å². The predicted octanol–water partition coefficient (Wildman–Crippen LogP) is 4.02. The number of allylic oxidation sites excluding steroid dienone is 1. The van der Waals surface area contributed by atoms with Crippen molar-refractivity contribution in [2.45, 2.75) is 44.9 Å². The van der Waals surface area contributed by atoms with E-state index in [4.69, 9.17) is 5.73 Å². The number of nitrogens with one attached hydrogen (secondary N) is 1. The Balaban J connectivity index is 1.36. The molecule has 1 fully saturated rings. The standard InChI is InChI=1S/C35H34N2O7/c1-35(44)30-22(15-26(39)29(33(35)42)34(36)43)13-21-14-24-23(10-11-25(38)28(24)31(40)27(21)32(30)41)20-9-5-8-19(12-20)17-37-16-18-6-3-2-4-7-18/h2-12,21-22,30,37-38,40,42,44H,13-17H2,1H3,(H2,36,43)/t21-,22+,30?,35?/m1/s1. The van der Waals surface area contributed by atoms with Crippen molar-refractivity contribution >= 4 is 23.2 Å². The molecule has 0 aromatic heterocycles. The molecule has 3 aliphatic carbocycles. The first-order valence-corrected chi connectivity index (χ1v) is 14.6. The van der Waals surface area contributed by atoms with E-state index in [1.807, 2.05) is 42.5 Å². The Labute approximate surface area is 254 Å². The van der Waals surface area contributed by atoms with E-state index >= 15 is 0 Å². The number of amides is 1. The number of carbonyl (C=O) groups excluding carboxylic acids is 3. The van der Waals surface area contributed by atoms with Crippen LogP contribution in [-0.2, 0) is 33.9 Å². The molecule has 0 radical (unpaired) electrons. The van der Waals surface area contributed by atoms with Crippen molar-refractivity contribution in [1.29, 1.82) is 0 Å². The van der Waals surface area contributed by atoms with Crippen molar-refractivity contribution in [2.75, 3.05) is 0 Å². The summed E-state index contributed by atoms with van der Waals surface area (Å²) in [7, 11) is 0. The van der Waals surface area contributed by atoms with Crippen molar-refractivity contribution in [3.8, 4) is 16.9 Å². The number of aromatic hydroxyl groups is 1. The highest BCUT2D eigenvalue weighted by Crippen LogP contribution is 2.52. The molecular weight excluding hydrogens is 560 g/mol. The van der Waals surface area contributed by atoms with E-state index in [9.17, 15) is 34.8 Å². The van der Waals surface area contributed by atoms with Gasteiger partial charge >= 0.3 is 0 Å². The molecule has 7 N–H and O–H groups in total. The molecule has 9 heteroatoms. The number of carbonyl (C=O) groups is 3. The molecule has 3 aliphatic rings. The molecule has 226 valence electrons. The number of benzene rings is 3. The van der Waals surface area contributed by atoms with Gasteiger partial charge in [0.2, 0.25) is 0 Å². The number of phenols is 1. The molecule has 0 aliphatic heterocycles. The van der Waals surface area contributed by atoms with Crippen molar-refractivity contribution in [3.63, 3.8) is 0 Å². The second-order valence-electron chi connectivity index (χ2n) is 12.1.